The summed E-state index contributed by atoms with van der Waals surface area (Å²) in [4.78, 5) is 26.3. The fraction of sp³-hybridized carbons (Fsp3) is 0.542. The number of carbonyl (C=O) groups excluding carboxylic acids is 1. The Balaban J connectivity index is 1.95. The van der Waals surface area contributed by atoms with Crippen molar-refractivity contribution < 1.29 is 19.4 Å². The fourth-order valence-corrected chi connectivity index (χ4v) is 4.76. The predicted octanol–water partition coefficient (Wildman–Crippen LogP) is 6.13. The van der Waals surface area contributed by atoms with Crippen LogP contribution in [0.4, 0.5) is 0 Å². The first-order valence-corrected chi connectivity index (χ1v) is 12.3. The number of hydrogen-bond acceptors (Lipinski definition) is 5. The van der Waals surface area contributed by atoms with Crippen molar-refractivity contribution >= 4 is 46.3 Å². The number of ether oxygens (including phenoxy) is 1. The van der Waals surface area contributed by atoms with Gasteiger partial charge in [-0.15, -0.1) is 0 Å². The van der Waals surface area contributed by atoms with E-state index in [-0.39, 0.29) is 11.8 Å². The van der Waals surface area contributed by atoms with Crippen molar-refractivity contribution in [3.63, 3.8) is 0 Å². The molecule has 1 saturated heterocycles. The summed E-state index contributed by atoms with van der Waals surface area (Å²) >= 11 is 6.48. The van der Waals surface area contributed by atoms with E-state index in [1.165, 1.54) is 37.0 Å². The van der Waals surface area contributed by atoms with Gasteiger partial charge in [-0.05, 0) is 36.1 Å². The van der Waals surface area contributed by atoms with E-state index in [1.807, 2.05) is 38.1 Å². The number of benzene rings is 1. The van der Waals surface area contributed by atoms with E-state index in [2.05, 4.69) is 6.92 Å². The third kappa shape index (κ3) is 7.35. The number of thioether (sulfide) groups is 1. The Labute approximate surface area is 195 Å². The van der Waals surface area contributed by atoms with Gasteiger partial charge in [-0.1, -0.05) is 95.4 Å². The molecule has 2 atom stereocenters. The first-order valence-electron chi connectivity index (χ1n) is 11.1. The van der Waals surface area contributed by atoms with Gasteiger partial charge in [0.1, 0.15) is 16.1 Å². The molecular weight excluding hydrogens is 430 g/mol. The Morgan fingerprint density at radius 2 is 1.81 bits per heavy atom. The van der Waals surface area contributed by atoms with E-state index < -0.39 is 12.0 Å². The number of hydrogen-bond donors (Lipinski definition) is 1. The highest BCUT2D eigenvalue weighted by Crippen LogP contribution is 2.36. The van der Waals surface area contributed by atoms with Crippen molar-refractivity contribution in [3.8, 4) is 5.75 Å². The summed E-state index contributed by atoms with van der Waals surface area (Å²) in [5.41, 5.74) is 0.850. The monoisotopic (exact) mass is 463 g/mol. The maximum Gasteiger partial charge on any atom is 0.327 e. The first-order chi connectivity index (χ1) is 14.9. The van der Waals surface area contributed by atoms with Crippen LogP contribution in [-0.4, -0.2) is 38.9 Å². The molecule has 1 heterocycles. The molecular formula is C24H33NO4S2. The smallest absolute Gasteiger partial charge is 0.327 e. The van der Waals surface area contributed by atoms with Gasteiger partial charge in [0.05, 0.1) is 11.5 Å². The lowest BCUT2D eigenvalue weighted by molar-refractivity contribution is -0.147. The zero-order valence-electron chi connectivity index (χ0n) is 18.6. The van der Waals surface area contributed by atoms with Gasteiger partial charge in [0.2, 0.25) is 0 Å². The molecule has 1 aromatic carbocycles. The molecule has 5 nitrogen and oxygen atoms in total. The van der Waals surface area contributed by atoms with Crippen LogP contribution < -0.4 is 4.74 Å². The molecule has 170 valence electrons. The molecule has 1 aliphatic rings. The first kappa shape index (κ1) is 25.4. The van der Waals surface area contributed by atoms with Gasteiger partial charge in [0, 0.05) is 0 Å². The zero-order chi connectivity index (χ0) is 22.8. The molecule has 0 spiro atoms. The molecule has 2 rings (SSSR count). The normalized spacial score (nSPS) is 17.3. The van der Waals surface area contributed by atoms with E-state index in [0.29, 0.717) is 22.3 Å². The Morgan fingerprint density at radius 1 is 1.16 bits per heavy atom. The predicted molar refractivity (Wildman–Crippen MR) is 131 cm³/mol. The highest BCUT2D eigenvalue weighted by atomic mass is 32.2. The van der Waals surface area contributed by atoms with Crippen LogP contribution in [0.1, 0.15) is 71.3 Å². The lowest BCUT2D eigenvalue weighted by Gasteiger charge is -2.27. The van der Waals surface area contributed by atoms with E-state index in [4.69, 9.17) is 17.0 Å². The number of rotatable bonds is 13. The molecule has 0 bridgehead atoms. The van der Waals surface area contributed by atoms with Crippen LogP contribution in [0.3, 0.4) is 0 Å². The standard InChI is InChI=1S/C24H33NO4S2/c1-4-6-7-8-9-10-15-29-19-13-11-18(12-14-19)16-20-22(26)25(24(30)31-20)21(23(27)28)17(3)5-2/h11-14,16-17,21H,4-10,15H2,1-3H3,(H,27,28)/b20-16+. The zero-order valence-corrected chi connectivity index (χ0v) is 20.3. The molecule has 1 amide bonds. The van der Waals surface area contributed by atoms with Gasteiger partial charge in [-0.25, -0.2) is 4.79 Å². The van der Waals surface area contributed by atoms with E-state index >= 15 is 0 Å². The highest BCUT2D eigenvalue weighted by molar-refractivity contribution is 8.26. The van der Waals surface area contributed by atoms with Crippen LogP contribution in [0, 0.1) is 5.92 Å². The minimum absolute atomic E-state index is 0.192. The van der Waals surface area contributed by atoms with Gasteiger partial charge in [-0.3, -0.25) is 9.69 Å². The molecule has 31 heavy (non-hydrogen) atoms. The quantitative estimate of drug-likeness (QED) is 0.216. The van der Waals surface area contributed by atoms with Crippen molar-refractivity contribution in [3.05, 3.63) is 34.7 Å². The summed E-state index contributed by atoms with van der Waals surface area (Å²) in [6.07, 6.45) is 9.75. The van der Waals surface area contributed by atoms with Crippen molar-refractivity contribution in [2.45, 2.75) is 71.8 Å². The van der Waals surface area contributed by atoms with Gasteiger partial charge in [0.15, 0.2) is 0 Å². The van der Waals surface area contributed by atoms with Crippen molar-refractivity contribution in [1.82, 2.24) is 4.90 Å². The highest BCUT2D eigenvalue weighted by Gasteiger charge is 2.42. The second-order valence-corrected chi connectivity index (χ2v) is 9.58. The number of carboxylic acids is 1. The summed E-state index contributed by atoms with van der Waals surface area (Å²) in [5.74, 6) is -0.756. The number of amides is 1. The molecule has 7 heteroatoms. The van der Waals surface area contributed by atoms with Crippen LogP contribution in [0.5, 0.6) is 5.75 Å². The second kappa shape index (κ2) is 12.9. The number of thiocarbonyl (C=S) groups is 1. The Morgan fingerprint density at radius 3 is 2.42 bits per heavy atom. The van der Waals surface area contributed by atoms with E-state index in [1.54, 1.807) is 6.08 Å². The van der Waals surface area contributed by atoms with Crippen LogP contribution in [0.25, 0.3) is 6.08 Å². The average Bonchev–Trinajstić information content (AvgIpc) is 3.01. The Bertz CT molecular complexity index is 791. The topological polar surface area (TPSA) is 66.8 Å². The minimum Gasteiger partial charge on any atom is -0.494 e. The molecule has 2 unspecified atom stereocenters. The van der Waals surface area contributed by atoms with Gasteiger partial charge in [-0.2, -0.15) is 0 Å². The summed E-state index contributed by atoms with van der Waals surface area (Å²) in [6.45, 7) is 6.65. The average molecular weight is 464 g/mol. The van der Waals surface area contributed by atoms with Crippen molar-refractivity contribution in [2.75, 3.05) is 6.61 Å². The molecule has 1 aliphatic heterocycles. The van der Waals surface area contributed by atoms with E-state index in [9.17, 15) is 14.7 Å². The number of nitrogens with zero attached hydrogens (tertiary/aromatic N) is 1. The van der Waals surface area contributed by atoms with Gasteiger partial charge in [0.25, 0.3) is 5.91 Å². The third-order valence-corrected chi connectivity index (χ3v) is 6.81. The van der Waals surface area contributed by atoms with Crippen molar-refractivity contribution in [2.24, 2.45) is 5.92 Å². The largest absolute Gasteiger partial charge is 0.494 e. The Hall–Kier alpha value is -1.86. The maximum atomic E-state index is 12.9. The van der Waals surface area contributed by atoms with Crippen molar-refractivity contribution in [1.29, 1.82) is 0 Å². The lowest BCUT2D eigenvalue weighted by Crippen LogP contribution is -2.47. The molecule has 1 fully saturated rings. The Kier molecular flexibility index (Phi) is 10.5. The SMILES string of the molecule is CCCCCCCCOc1ccc(/C=C2/SC(=S)N(C(C(=O)O)C(C)CC)C2=O)cc1. The maximum absolute atomic E-state index is 12.9. The summed E-state index contributed by atoms with van der Waals surface area (Å²) in [7, 11) is 0. The number of unbranched alkanes of at least 4 members (excludes halogenated alkanes) is 5. The van der Waals surface area contributed by atoms with Crippen LogP contribution >= 0.6 is 24.0 Å². The van der Waals surface area contributed by atoms with Crippen LogP contribution in [0.2, 0.25) is 0 Å². The molecule has 1 N–H and O–H groups in total. The minimum atomic E-state index is -1.03. The summed E-state index contributed by atoms with van der Waals surface area (Å²) in [6, 6.07) is 6.63. The molecule has 0 saturated carbocycles. The second-order valence-electron chi connectivity index (χ2n) is 7.91. The van der Waals surface area contributed by atoms with Gasteiger partial charge >= 0.3 is 5.97 Å². The summed E-state index contributed by atoms with van der Waals surface area (Å²) in [5, 5.41) is 9.62. The fourth-order valence-electron chi connectivity index (χ4n) is 3.44. The van der Waals surface area contributed by atoms with Crippen LogP contribution in [0.15, 0.2) is 29.2 Å². The summed E-state index contributed by atoms with van der Waals surface area (Å²) < 4.78 is 6.10. The molecule has 1 aromatic rings. The van der Waals surface area contributed by atoms with Gasteiger partial charge < -0.3 is 9.84 Å². The number of carbonyl (C=O) groups is 2. The third-order valence-electron chi connectivity index (χ3n) is 5.48. The molecule has 0 radical (unpaired) electrons. The molecule has 0 aromatic heterocycles. The molecule has 0 aliphatic carbocycles. The lowest BCUT2D eigenvalue weighted by atomic mass is 9.98. The van der Waals surface area contributed by atoms with E-state index in [0.717, 1.165) is 29.5 Å². The van der Waals surface area contributed by atoms with Crippen LogP contribution in [-0.2, 0) is 9.59 Å². The number of aliphatic carboxylic acids is 1. The number of carboxylic acid groups (broad SMARTS) is 1.